The Morgan fingerprint density at radius 1 is 0.634 bits per heavy atom. The van der Waals surface area contributed by atoms with E-state index < -0.39 is 23.4 Å². The van der Waals surface area contributed by atoms with E-state index >= 15 is 0 Å². The molecule has 0 radical (unpaired) electrons. The maximum atomic E-state index is 5.97. The van der Waals surface area contributed by atoms with Crippen LogP contribution in [0.25, 0.3) is 21.5 Å². The molecule has 0 fully saturated rings. The second kappa shape index (κ2) is 15.9. The fraction of sp³-hybridized carbons (Fsp3) is 0.351. The zero-order valence-corrected chi connectivity index (χ0v) is 31.4. The Morgan fingerprint density at radius 3 is 1.41 bits per heavy atom. The number of rotatable bonds is 5. The molecule has 5 rings (SSSR count). The van der Waals surface area contributed by atoms with Crippen molar-refractivity contribution in [3.63, 3.8) is 0 Å². The summed E-state index contributed by atoms with van der Waals surface area (Å²) in [5, 5.41) is 7.30. The van der Waals surface area contributed by atoms with Gasteiger partial charge in [-0.1, -0.05) is 91.5 Å². The van der Waals surface area contributed by atoms with Crippen LogP contribution >= 0.6 is 17.0 Å². The van der Waals surface area contributed by atoms with Crippen LogP contribution in [0.1, 0.15) is 71.2 Å². The van der Waals surface area contributed by atoms with Gasteiger partial charge < -0.3 is 0 Å². The molecule has 5 aromatic carbocycles. The maximum absolute atomic E-state index is 5.97. The predicted octanol–water partition coefficient (Wildman–Crippen LogP) is 11.3. The minimum absolute atomic E-state index is 0.557. The van der Waals surface area contributed by atoms with Gasteiger partial charge in [-0.25, -0.2) is 0 Å². The molecular formula is C37H46Cl2SiZr-2. The summed E-state index contributed by atoms with van der Waals surface area (Å²) in [6.07, 6.45) is 4.84. The molecule has 0 N–H and O–H groups in total. The number of aryl methyl sites for hydroxylation is 8. The Bertz CT molecular complexity index is 1540. The molecule has 0 aliphatic heterocycles. The number of benzene rings is 3. The Labute approximate surface area is 264 Å². The van der Waals surface area contributed by atoms with Gasteiger partial charge in [0.15, 0.2) is 0 Å². The number of halogens is 2. The van der Waals surface area contributed by atoms with E-state index in [0.29, 0.717) is 0 Å². The van der Waals surface area contributed by atoms with E-state index in [4.69, 9.17) is 17.0 Å². The van der Waals surface area contributed by atoms with Crippen LogP contribution in [0.5, 0.6) is 0 Å². The van der Waals surface area contributed by atoms with Crippen molar-refractivity contribution in [1.29, 1.82) is 0 Å². The molecule has 0 saturated carbocycles. The summed E-state index contributed by atoms with van der Waals surface area (Å²) in [5.74, 6) is 0. The van der Waals surface area contributed by atoms with Gasteiger partial charge in [0.05, 0.1) is 0 Å². The third kappa shape index (κ3) is 8.35. The van der Waals surface area contributed by atoms with Gasteiger partial charge in [-0.15, -0.1) is 68.1 Å². The van der Waals surface area contributed by atoms with Crippen molar-refractivity contribution in [3.05, 3.63) is 111 Å². The third-order valence-electron chi connectivity index (χ3n) is 8.28. The van der Waals surface area contributed by atoms with Crippen LogP contribution in [-0.4, -0.2) is 5.43 Å². The van der Waals surface area contributed by atoms with Crippen LogP contribution in [0.2, 0.25) is 6.55 Å². The fourth-order valence-electron chi connectivity index (χ4n) is 5.59. The van der Waals surface area contributed by atoms with E-state index in [2.05, 4.69) is 110 Å². The molecule has 0 aliphatic carbocycles. The van der Waals surface area contributed by atoms with Crippen molar-refractivity contribution < 1.29 is 18.0 Å². The minimum atomic E-state index is -1.95. The van der Waals surface area contributed by atoms with E-state index in [1.54, 1.807) is 0 Å². The molecule has 0 aromatic heterocycles. The van der Waals surface area contributed by atoms with Crippen molar-refractivity contribution in [2.75, 3.05) is 0 Å². The molecule has 0 atom stereocenters. The van der Waals surface area contributed by atoms with Crippen LogP contribution in [0, 0.1) is 41.5 Å². The molecule has 0 aliphatic rings. The molecular weight excluding hydrogens is 635 g/mol. The standard InChI is InChI=1S/2C15H19.C7H8Si.2ClH.Zr/c2*1-5-6-13-8-7-10(2)14-9-11(3)12(4)15(13)14;1-8-7-5-3-2-4-6-7;;;/h2*7-9H,5-6H2,1-4H3;2-6H,1H3;2*1H;/q2*-1;;;;+2/p-2. The Balaban J connectivity index is 0.000000172. The molecule has 5 aromatic rings. The van der Waals surface area contributed by atoms with E-state index in [9.17, 15) is 0 Å². The molecule has 0 nitrogen and oxygen atoms in total. The van der Waals surface area contributed by atoms with Gasteiger partial charge in [0.2, 0.25) is 0 Å². The Kier molecular flexibility index (Phi) is 13.2. The summed E-state index contributed by atoms with van der Waals surface area (Å²) < 4.78 is 0. The number of hydrogen-bond acceptors (Lipinski definition) is 0. The quantitative estimate of drug-likeness (QED) is 0.128. The van der Waals surface area contributed by atoms with Crippen molar-refractivity contribution >= 4 is 49.2 Å². The molecule has 0 spiro atoms. The van der Waals surface area contributed by atoms with Gasteiger partial charge in [0.25, 0.3) is 0 Å². The molecule has 0 unspecified atom stereocenters. The van der Waals surface area contributed by atoms with Gasteiger partial charge in [-0.2, -0.15) is 11.1 Å². The third-order valence-corrected chi connectivity index (χ3v) is 26.4. The van der Waals surface area contributed by atoms with Crippen molar-refractivity contribution in [2.24, 2.45) is 0 Å². The normalized spacial score (nSPS) is 10.7. The SMILES string of the molecule is CCCc1ccc(C)c2[cH-]c(C)c(C)c12.CCCc1ccc(C)c2[cH-]c(C)c(C)c12.C[Si](c1ccccc1)=[Zr]([Cl])[Cl]. The monoisotopic (exact) mass is 678 g/mol. The Morgan fingerprint density at radius 2 is 1.05 bits per heavy atom. The van der Waals surface area contributed by atoms with Crippen LogP contribution < -0.4 is 5.19 Å². The van der Waals surface area contributed by atoms with Crippen molar-refractivity contribution in [3.8, 4) is 0 Å². The molecule has 4 heteroatoms. The predicted molar refractivity (Wildman–Crippen MR) is 185 cm³/mol. The summed E-state index contributed by atoms with van der Waals surface area (Å²) in [5.41, 5.74) is 11.1. The first-order valence-corrected chi connectivity index (χ1v) is 26.9. The van der Waals surface area contributed by atoms with Crippen LogP contribution in [0.4, 0.5) is 0 Å². The van der Waals surface area contributed by atoms with E-state index in [1.807, 2.05) is 18.2 Å². The molecule has 0 amide bonds. The first-order chi connectivity index (χ1) is 19.5. The fourth-order valence-corrected chi connectivity index (χ4v) is 13.2. The van der Waals surface area contributed by atoms with Gasteiger partial charge in [0.1, 0.15) is 0 Å². The van der Waals surface area contributed by atoms with Crippen LogP contribution in [-0.2, 0) is 30.8 Å². The first-order valence-electron chi connectivity index (χ1n) is 14.9. The average Bonchev–Trinajstić information content (AvgIpc) is 3.44. The van der Waals surface area contributed by atoms with Gasteiger partial charge in [-0.3, -0.25) is 0 Å². The molecule has 41 heavy (non-hydrogen) atoms. The summed E-state index contributed by atoms with van der Waals surface area (Å²) in [6.45, 7) is 20.0. The average molecular weight is 681 g/mol. The number of hydrogen-bond donors (Lipinski definition) is 0. The molecule has 0 saturated heterocycles. The van der Waals surface area contributed by atoms with E-state index in [-0.39, 0.29) is 0 Å². The summed E-state index contributed by atoms with van der Waals surface area (Å²) in [7, 11) is 11.9. The summed E-state index contributed by atoms with van der Waals surface area (Å²) >= 11 is -1.95. The first kappa shape index (κ1) is 34.1. The van der Waals surface area contributed by atoms with E-state index in [1.165, 1.54) is 96.9 Å². The van der Waals surface area contributed by atoms with E-state index in [0.717, 1.165) is 0 Å². The summed E-state index contributed by atoms with van der Waals surface area (Å²) in [6, 6.07) is 24.1. The van der Waals surface area contributed by atoms with Crippen LogP contribution in [0.15, 0.2) is 66.7 Å². The van der Waals surface area contributed by atoms with Crippen molar-refractivity contribution in [1.82, 2.24) is 0 Å². The summed E-state index contributed by atoms with van der Waals surface area (Å²) in [4.78, 5) is 0. The van der Waals surface area contributed by atoms with Gasteiger partial charge >= 0.3 is 82.5 Å². The zero-order chi connectivity index (χ0) is 30.3. The molecule has 0 bridgehead atoms. The topological polar surface area (TPSA) is 0 Å². The van der Waals surface area contributed by atoms with Crippen LogP contribution in [0.3, 0.4) is 0 Å². The zero-order valence-electron chi connectivity index (χ0n) is 26.4. The van der Waals surface area contributed by atoms with Crippen molar-refractivity contribution in [2.45, 2.75) is 87.6 Å². The number of fused-ring (bicyclic) bond motifs is 2. The second-order valence-electron chi connectivity index (χ2n) is 11.3. The molecule has 218 valence electrons. The Hall–Kier alpha value is -1.44. The van der Waals surface area contributed by atoms with Gasteiger partial charge in [0, 0.05) is 0 Å². The second-order valence-corrected chi connectivity index (χ2v) is 32.3. The molecule has 0 heterocycles. The van der Waals surface area contributed by atoms with Gasteiger partial charge in [-0.05, 0) is 12.8 Å².